The third kappa shape index (κ3) is 2.21. The first kappa shape index (κ1) is 9.52. The van der Waals surface area contributed by atoms with Crippen molar-refractivity contribution in [3.63, 3.8) is 0 Å². The minimum absolute atomic E-state index is 0.113. The summed E-state index contributed by atoms with van der Waals surface area (Å²) < 4.78 is 5.19. The Bertz CT molecular complexity index is 164. The Morgan fingerprint density at radius 1 is 1.50 bits per heavy atom. The van der Waals surface area contributed by atoms with Gasteiger partial charge >= 0.3 is 5.97 Å². The molecule has 3 heteroatoms. The molecule has 0 aromatic rings. The van der Waals surface area contributed by atoms with E-state index >= 15 is 0 Å². The Kier molecular flexibility index (Phi) is 3.09. The average molecular weight is 171 g/mol. The van der Waals surface area contributed by atoms with Crippen LogP contribution in [0.25, 0.3) is 0 Å². The van der Waals surface area contributed by atoms with Gasteiger partial charge in [0, 0.05) is 6.04 Å². The maximum absolute atomic E-state index is 11.3. The van der Waals surface area contributed by atoms with Crippen molar-refractivity contribution in [1.29, 1.82) is 0 Å². The van der Waals surface area contributed by atoms with Crippen molar-refractivity contribution in [2.45, 2.75) is 45.3 Å². The van der Waals surface area contributed by atoms with Crippen LogP contribution in [0.15, 0.2) is 0 Å². The summed E-state index contributed by atoms with van der Waals surface area (Å²) in [6.45, 7) is 3.64. The zero-order valence-electron chi connectivity index (χ0n) is 7.75. The molecule has 1 rings (SSSR count). The maximum Gasteiger partial charge on any atom is 0.310 e. The summed E-state index contributed by atoms with van der Waals surface area (Å²) in [5.41, 5.74) is 5.57. The molecule has 0 saturated heterocycles. The second-order valence-corrected chi connectivity index (χ2v) is 3.64. The molecule has 2 N–H and O–H groups in total. The lowest BCUT2D eigenvalue weighted by Gasteiger charge is -2.27. The molecule has 0 aliphatic heterocycles. The Balaban J connectivity index is 2.26. The predicted molar refractivity (Wildman–Crippen MR) is 46.5 cm³/mol. The van der Waals surface area contributed by atoms with Crippen LogP contribution in [-0.4, -0.2) is 18.1 Å². The monoisotopic (exact) mass is 171 g/mol. The van der Waals surface area contributed by atoms with E-state index in [1.165, 1.54) is 6.42 Å². The zero-order chi connectivity index (χ0) is 9.14. The molecule has 2 unspecified atom stereocenters. The van der Waals surface area contributed by atoms with Crippen LogP contribution >= 0.6 is 0 Å². The van der Waals surface area contributed by atoms with Gasteiger partial charge in [-0.05, 0) is 26.2 Å². The summed E-state index contributed by atoms with van der Waals surface area (Å²) >= 11 is 0. The number of rotatable bonds is 3. The fourth-order valence-electron chi connectivity index (χ4n) is 0.975. The molecule has 1 aliphatic carbocycles. The second-order valence-electron chi connectivity index (χ2n) is 3.64. The summed E-state index contributed by atoms with van der Waals surface area (Å²) in [6.07, 6.45) is 3.41. The van der Waals surface area contributed by atoms with Crippen molar-refractivity contribution in [2.24, 2.45) is 11.7 Å². The largest absolute Gasteiger partial charge is 0.462 e. The first-order chi connectivity index (χ1) is 5.61. The maximum atomic E-state index is 11.3. The first-order valence-corrected chi connectivity index (χ1v) is 4.57. The molecule has 0 amide bonds. The van der Waals surface area contributed by atoms with Crippen LogP contribution in [-0.2, 0) is 9.53 Å². The molecule has 1 saturated carbocycles. The fraction of sp³-hybridized carbons (Fsp3) is 0.889. The van der Waals surface area contributed by atoms with Crippen molar-refractivity contribution < 1.29 is 9.53 Å². The van der Waals surface area contributed by atoms with Gasteiger partial charge in [-0.25, -0.2) is 0 Å². The summed E-state index contributed by atoms with van der Waals surface area (Å²) in [6, 6.07) is -0.113. The van der Waals surface area contributed by atoms with Gasteiger partial charge in [0.05, 0.1) is 5.92 Å². The number of hydrogen-bond donors (Lipinski definition) is 1. The summed E-state index contributed by atoms with van der Waals surface area (Å²) in [7, 11) is 0. The minimum atomic E-state index is -0.175. The van der Waals surface area contributed by atoms with Crippen LogP contribution < -0.4 is 5.73 Å². The van der Waals surface area contributed by atoms with E-state index in [4.69, 9.17) is 10.5 Å². The SMILES string of the molecule is CC(N)C(C)C(=O)OC1CCC1. The smallest absolute Gasteiger partial charge is 0.310 e. The van der Waals surface area contributed by atoms with Crippen LogP contribution in [0, 0.1) is 5.92 Å². The summed E-state index contributed by atoms with van der Waals surface area (Å²) in [5.74, 6) is -0.319. The molecule has 1 fully saturated rings. The number of hydrogen-bond acceptors (Lipinski definition) is 3. The molecule has 0 aromatic carbocycles. The number of carbonyl (C=O) groups excluding carboxylic acids is 1. The highest BCUT2D eigenvalue weighted by atomic mass is 16.5. The van der Waals surface area contributed by atoms with E-state index in [2.05, 4.69) is 0 Å². The molecular weight excluding hydrogens is 154 g/mol. The van der Waals surface area contributed by atoms with Gasteiger partial charge in [-0.1, -0.05) is 6.92 Å². The highest BCUT2D eigenvalue weighted by Gasteiger charge is 2.25. The molecule has 0 radical (unpaired) electrons. The Morgan fingerprint density at radius 3 is 2.42 bits per heavy atom. The Hall–Kier alpha value is -0.570. The molecule has 3 nitrogen and oxygen atoms in total. The zero-order valence-corrected chi connectivity index (χ0v) is 7.75. The topological polar surface area (TPSA) is 52.3 Å². The van der Waals surface area contributed by atoms with Crippen LogP contribution in [0.3, 0.4) is 0 Å². The van der Waals surface area contributed by atoms with Crippen LogP contribution in [0.2, 0.25) is 0 Å². The standard InChI is InChI=1S/C9H17NO2/c1-6(7(2)10)9(11)12-8-4-3-5-8/h6-8H,3-5,10H2,1-2H3. The number of esters is 1. The van der Waals surface area contributed by atoms with Crippen molar-refractivity contribution >= 4 is 5.97 Å². The molecule has 0 bridgehead atoms. The molecule has 12 heavy (non-hydrogen) atoms. The van der Waals surface area contributed by atoms with Crippen molar-refractivity contribution in [1.82, 2.24) is 0 Å². The van der Waals surface area contributed by atoms with E-state index in [0.29, 0.717) is 0 Å². The molecule has 0 aromatic heterocycles. The van der Waals surface area contributed by atoms with Gasteiger partial charge in [-0.2, -0.15) is 0 Å². The fourth-order valence-corrected chi connectivity index (χ4v) is 0.975. The normalized spacial score (nSPS) is 22.6. The average Bonchev–Trinajstić information content (AvgIpc) is 1.94. The molecule has 0 spiro atoms. The third-order valence-corrected chi connectivity index (χ3v) is 2.50. The quantitative estimate of drug-likeness (QED) is 0.646. The third-order valence-electron chi connectivity index (χ3n) is 2.50. The highest BCUT2D eigenvalue weighted by molar-refractivity contribution is 5.73. The Morgan fingerprint density at radius 2 is 2.08 bits per heavy atom. The van der Waals surface area contributed by atoms with Crippen LogP contribution in [0.5, 0.6) is 0 Å². The van der Waals surface area contributed by atoms with Gasteiger partial charge in [-0.15, -0.1) is 0 Å². The van der Waals surface area contributed by atoms with E-state index in [-0.39, 0.29) is 24.0 Å². The van der Waals surface area contributed by atoms with Crippen molar-refractivity contribution in [3.8, 4) is 0 Å². The van der Waals surface area contributed by atoms with E-state index in [1.807, 2.05) is 13.8 Å². The van der Waals surface area contributed by atoms with Gasteiger partial charge in [0.25, 0.3) is 0 Å². The minimum Gasteiger partial charge on any atom is -0.462 e. The lowest BCUT2D eigenvalue weighted by Crippen LogP contribution is -2.35. The second kappa shape index (κ2) is 3.90. The van der Waals surface area contributed by atoms with Gasteiger partial charge in [-0.3, -0.25) is 4.79 Å². The number of nitrogens with two attached hydrogens (primary N) is 1. The lowest BCUT2D eigenvalue weighted by atomic mass is 9.96. The highest BCUT2D eigenvalue weighted by Crippen LogP contribution is 2.23. The molecule has 2 atom stereocenters. The van der Waals surface area contributed by atoms with Gasteiger partial charge in [0.1, 0.15) is 6.10 Å². The van der Waals surface area contributed by atoms with Gasteiger partial charge in [0.15, 0.2) is 0 Å². The summed E-state index contributed by atoms with van der Waals surface area (Å²) in [5, 5.41) is 0. The molecular formula is C9H17NO2. The van der Waals surface area contributed by atoms with E-state index in [1.54, 1.807) is 0 Å². The predicted octanol–water partition coefficient (Wildman–Crippen LogP) is 1.07. The van der Waals surface area contributed by atoms with Crippen molar-refractivity contribution in [2.75, 3.05) is 0 Å². The molecule has 0 heterocycles. The molecule has 70 valence electrons. The number of carbonyl (C=O) groups is 1. The van der Waals surface area contributed by atoms with E-state index in [9.17, 15) is 4.79 Å². The Labute approximate surface area is 73.3 Å². The molecule has 1 aliphatic rings. The van der Waals surface area contributed by atoms with Crippen LogP contribution in [0.4, 0.5) is 0 Å². The van der Waals surface area contributed by atoms with Crippen molar-refractivity contribution in [3.05, 3.63) is 0 Å². The van der Waals surface area contributed by atoms with E-state index < -0.39 is 0 Å². The van der Waals surface area contributed by atoms with Crippen LogP contribution in [0.1, 0.15) is 33.1 Å². The lowest BCUT2D eigenvalue weighted by molar-refractivity contribution is -0.157. The number of ether oxygens (including phenoxy) is 1. The first-order valence-electron chi connectivity index (χ1n) is 4.57. The van der Waals surface area contributed by atoms with Gasteiger partial charge in [0.2, 0.25) is 0 Å². The summed E-state index contributed by atoms with van der Waals surface area (Å²) in [4.78, 5) is 11.3. The van der Waals surface area contributed by atoms with Gasteiger partial charge < -0.3 is 10.5 Å². The van der Waals surface area contributed by atoms with E-state index in [0.717, 1.165) is 12.8 Å².